The minimum atomic E-state index is -0.439. The third-order valence-corrected chi connectivity index (χ3v) is 5.52. The van der Waals surface area contributed by atoms with Crippen LogP contribution in [0.1, 0.15) is 52.8 Å². The molecule has 1 saturated carbocycles. The summed E-state index contributed by atoms with van der Waals surface area (Å²) in [7, 11) is 0. The fourth-order valence-corrected chi connectivity index (χ4v) is 3.81. The number of carbonyl (C=O) groups is 2. The molecule has 0 bridgehead atoms. The predicted octanol–water partition coefficient (Wildman–Crippen LogP) is 3.26. The number of fused-ring (bicyclic) bond motifs is 1. The van der Waals surface area contributed by atoms with Gasteiger partial charge in [0.2, 0.25) is 0 Å². The Morgan fingerprint density at radius 2 is 1.73 bits per heavy atom. The highest BCUT2D eigenvalue weighted by Crippen LogP contribution is 2.22. The van der Waals surface area contributed by atoms with Crippen molar-refractivity contribution >= 4 is 23.1 Å². The summed E-state index contributed by atoms with van der Waals surface area (Å²) >= 11 is 0. The van der Waals surface area contributed by atoms with Crippen molar-refractivity contribution in [2.75, 3.05) is 11.9 Å². The van der Waals surface area contributed by atoms with Gasteiger partial charge < -0.3 is 10.6 Å². The average molecular weight is 404 g/mol. The lowest BCUT2D eigenvalue weighted by Crippen LogP contribution is -2.31. The van der Waals surface area contributed by atoms with Crippen LogP contribution in [0, 0.1) is 5.92 Å². The Hall–Kier alpha value is -3.48. The number of benzene rings is 1. The highest BCUT2D eigenvalue weighted by Gasteiger charge is 2.16. The van der Waals surface area contributed by atoms with Crippen molar-refractivity contribution in [2.24, 2.45) is 5.92 Å². The van der Waals surface area contributed by atoms with Gasteiger partial charge >= 0.3 is 0 Å². The predicted molar refractivity (Wildman–Crippen MR) is 115 cm³/mol. The molecule has 154 valence electrons. The number of carbonyl (C=O) groups excluding carboxylic acids is 2. The van der Waals surface area contributed by atoms with E-state index in [1.807, 2.05) is 6.07 Å². The standard InChI is InChI=1S/C23H24N4O3/c28-21(25-13-16-7-3-1-4-8-16)18-11-12-20-24-14-19(23(30)27(20)15-18)26-22(29)17-9-5-2-6-10-17/h2,5-6,9-12,14-16H,1,3-4,7-8,13H2,(H,25,28)(H,26,29). The molecular weight excluding hydrogens is 380 g/mol. The molecule has 0 radical (unpaired) electrons. The average Bonchev–Trinajstić information content (AvgIpc) is 2.80. The maximum absolute atomic E-state index is 12.9. The van der Waals surface area contributed by atoms with E-state index in [0.717, 1.165) is 12.8 Å². The largest absolute Gasteiger partial charge is 0.352 e. The van der Waals surface area contributed by atoms with E-state index in [4.69, 9.17) is 0 Å². The number of hydrogen-bond acceptors (Lipinski definition) is 4. The minimum Gasteiger partial charge on any atom is -0.352 e. The third kappa shape index (κ3) is 4.40. The van der Waals surface area contributed by atoms with E-state index in [9.17, 15) is 14.4 Å². The second-order valence-electron chi connectivity index (χ2n) is 7.66. The molecule has 2 heterocycles. The van der Waals surface area contributed by atoms with Gasteiger partial charge in [-0.25, -0.2) is 4.98 Å². The summed E-state index contributed by atoms with van der Waals surface area (Å²) in [6.07, 6.45) is 8.80. The topological polar surface area (TPSA) is 92.6 Å². The first-order valence-electron chi connectivity index (χ1n) is 10.3. The van der Waals surface area contributed by atoms with E-state index in [-0.39, 0.29) is 11.6 Å². The molecule has 0 spiro atoms. The van der Waals surface area contributed by atoms with E-state index in [1.54, 1.807) is 36.4 Å². The number of pyridine rings is 1. The molecule has 0 atom stereocenters. The van der Waals surface area contributed by atoms with Crippen molar-refractivity contribution in [3.63, 3.8) is 0 Å². The number of anilines is 1. The van der Waals surface area contributed by atoms with Crippen LogP contribution < -0.4 is 16.2 Å². The van der Waals surface area contributed by atoms with Gasteiger partial charge in [-0.05, 0) is 43.0 Å². The van der Waals surface area contributed by atoms with Gasteiger partial charge in [0.1, 0.15) is 11.3 Å². The summed E-state index contributed by atoms with van der Waals surface area (Å²) < 4.78 is 1.29. The summed E-state index contributed by atoms with van der Waals surface area (Å²) in [5, 5.41) is 5.58. The summed E-state index contributed by atoms with van der Waals surface area (Å²) in [5.74, 6) is -0.0868. The molecular formula is C23H24N4O3. The van der Waals surface area contributed by atoms with Gasteiger partial charge in [-0.1, -0.05) is 37.5 Å². The van der Waals surface area contributed by atoms with Gasteiger partial charge in [-0.3, -0.25) is 18.8 Å². The molecule has 4 rings (SSSR count). The number of nitrogens with zero attached hydrogens (tertiary/aromatic N) is 2. The van der Waals surface area contributed by atoms with Gasteiger partial charge in [0.15, 0.2) is 0 Å². The van der Waals surface area contributed by atoms with Gasteiger partial charge in [0, 0.05) is 18.3 Å². The number of amides is 2. The fourth-order valence-electron chi connectivity index (χ4n) is 3.81. The SMILES string of the molecule is O=C(NCC1CCCCC1)c1ccc2ncc(NC(=O)c3ccccc3)c(=O)n2c1. The van der Waals surface area contributed by atoms with Crippen LogP contribution in [0.2, 0.25) is 0 Å². The van der Waals surface area contributed by atoms with Crippen LogP contribution in [0.25, 0.3) is 5.65 Å². The van der Waals surface area contributed by atoms with Crippen LogP contribution in [0.5, 0.6) is 0 Å². The van der Waals surface area contributed by atoms with Gasteiger partial charge in [-0.2, -0.15) is 0 Å². The van der Waals surface area contributed by atoms with Crippen LogP contribution in [0.4, 0.5) is 5.69 Å². The maximum atomic E-state index is 12.9. The second kappa shape index (κ2) is 8.90. The Morgan fingerprint density at radius 3 is 2.50 bits per heavy atom. The monoisotopic (exact) mass is 404 g/mol. The van der Waals surface area contributed by atoms with Gasteiger partial charge in [0.05, 0.1) is 11.8 Å². The Bertz CT molecular complexity index is 1120. The lowest BCUT2D eigenvalue weighted by atomic mass is 9.89. The summed E-state index contributed by atoms with van der Waals surface area (Å²) in [6.45, 7) is 0.650. The summed E-state index contributed by atoms with van der Waals surface area (Å²) in [6, 6.07) is 11.9. The zero-order chi connectivity index (χ0) is 20.9. The molecule has 2 aromatic heterocycles. The molecule has 7 nitrogen and oxygen atoms in total. The molecule has 1 aliphatic rings. The zero-order valence-electron chi connectivity index (χ0n) is 16.6. The van der Waals surface area contributed by atoms with Gasteiger partial charge in [-0.15, -0.1) is 0 Å². The Balaban J connectivity index is 1.52. The molecule has 1 aliphatic carbocycles. The van der Waals surface area contributed by atoms with Crippen LogP contribution in [0.15, 0.2) is 59.7 Å². The molecule has 30 heavy (non-hydrogen) atoms. The van der Waals surface area contributed by atoms with Crippen molar-refractivity contribution in [1.82, 2.24) is 14.7 Å². The Morgan fingerprint density at radius 1 is 0.967 bits per heavy atom. The van der Waals surface area contributed by atoms with Crippen molar-refractivity contribution in [3.05, 3.63) is 76.3 Å². The van der Waals surface area contributed by atoms with Crippen molar-refractivity contribution in [1.29, 1.82) is 0 Å². The smallest absolute Gasteiger partial charge is 0.281 e. The number of hydrogen-bond donors (Lipinski definition) is 2. The first kappa shape index (κ1) is 19.8. The van der Waals surface area contributed by atoms with Crippen LogP contribution >= 0.6 is 0 Å². The maximum Gasteiger partial charge on any atom is 0.281 e. The normalized spacial score (nSPS) is 14.4. The van der Waals surface area contributed by atoms with Crippen LogP contribution in [-0.2, 0) is 0 Å². The highest BCUT2D eigenvalue weighted by molar-refractivity contribution is 6.04. The van der Waals surface area contributed by atoms with E-state index in [2.05, 4.69) is 15.6 Å². The van der Waals surface area contributed by atoms with E-state index < -0.39 is 11.5 Å². The number of rotatable bonds is 5. The van der Waals surface area contributed by atoms with Crippen LogP contribution in [-0.4, -0.2) is 27.7 Å². The fraction of sp³-hybridized carbons (Fsp3) is 0.304. The van der Waals surface area contributed by atoms with Crippen molar-refractivity contribution < 1.29 is 9.59 Å². The molecule has 0 unspecified atom stereocenters. The number of aromatic nitrogens is 2. The first-order chi connectivity index (χ1) is 14.6. The quantitative estimate of drug-likeness (QED) is 0.683. The van der Waals surface area contributed by atoms with E-state index >= 15 is 0 Å². The lowest BCUT2D eigenvalue weighted by Gasteiger charge is -2.21. The van der Waals surface area contributed by atoms with E-state index in [0.29, 0.717) is 29.2 Å². The molecule has 0 saturated heterocycles. The summed E-state index contributed by atoms with van der Waals surface area (Å²) in [5.41, 5.74) is 0.848. The molecule has 1 aromatic carbocycles. The van der Waals surface area contributed by atoms with Crippen molar-refractivity contribution in [3.8, 4) is 0 Å². The van der Waals surface area contributed by atoms with Gasteiger partial charge in [0.25, 0.3) is 17.4 Å². The Kier molecular flexibility index (Phi) is 5.88. The minimum absolute atomic E-state index is 0.0566. The third-order valence-electron chi connectivity index (χ3n) is 5.52. The molecule has 3 aromatic rings. The molecule has 7 heteroatoms. The molecule has 1 fully saturated rings. The second-order valence-corrected chi connectivity index (χ2v) is 7.66. The van der Waals surface area contributed by atoms with Crippen molar-refractivity contribution in [2.45, 2.75) is 32.1 Å². The molecule has 0 aliphatic heterocycles. The molecule has 2 N–H and O–H groups in total. The molecule has 2 amide bonds. The highest BCUT2D eigenvalue weighted by atomic mass is 16.2. The van der Waals surface area contributed by atoms with Crippen LogP contribution in [0.3, 0.4) is 0 Å². The number of nitrogens with one attached hydrogen (secondary N) is 2. The zero-order valence-corrected chi connectivity index (χ0v) is 16.6. The van der Waals surface area contributed by atoms with E-state index in [1.165, 1.54) is 36.1 Å². The summed E-state index contributed by atoms with van der Waals surface area (Å²) in [4.78, 5) is 42.0. The Labute approximate surface area is 174 Å². The first-order valence-corrected chi connectivity index (χ1v) is 10.3. The lowest BCUT2D eigenvalue weighted by molar-refractivity contribution is 0.0942.